The van der Waals surface area contributed by atoms with Crippen LogP contribution in [-0.2, 0) is 9.53 Å². The number of anilines is 1. The molecule has 0 saturated carbocycles. The van der Waals surface area contributed by atoms with Crippen LogP contribution in [0, 0.1) is 24.0 Å². The van der Waals surface area contributed by atoms with E-state index in [0.717, 1.165) is 17.5 Å². The molecule has 2 aromatic rings. The lowest BCUT2D eigenvalue weighted by atomic mass is 10.2. The average molecular weight is 394 g/mol. The number of ether oxygens (including phenoxy) is 1. The molecular formula is C18H20ClN3O5. The maximum absolute atomic E-state index is 12.3. The lowest BCUT2D eigenvalue weighted by Crippen LogP contribution is -2.21. The molecule has 1 N–H and O–H groups in total. The predicted octanol–water partition coefficient (Wildman–Crippen LogP) is 4.04. The fraction of sp³-hybridized carbons (Fsp3) is 0.333. The Kier molecular flexibility index (Phi) is 6.22. The monoisotopic (exact) mass is 393 g/mol. The van der Waals surface area contributed by atoms with Gasteiger partial charge in [-0.3, -0.25) is 14.9 Å². The first-order chi connectivity index (χ1) is 12.6. The van der Waals surface area contributed by atoms with Crippen molar-refractivity contribution in [2.24, 2.45) is 0 Å². The summed E-state index contributed by atoms with van der Waals surface area (Å²) in [7, 11) is 0. The van der Waals surface area contributed by atoms with E-state index in [-0.39, 0.29) is 22.4 Å². The largest absolute Gasteiger partial charge is 0.452 e. The molecule has 0 fully saturated rings. The van der Waals surface area contributed by atoms with Crippen LogP contribution in [0.25, 0.3) is 0 Å². The smallest absolute Gasteiger partial charge is 0.340 e. The standard InChI is InChI=1S/C18H20ClN3O5/c1-10(2)21-11(3)7-14(12(21)4)18(24)27-9-17(23)20-15-6-5-13(19)8-16(15)22(25)26/h5-8,10H,9H2,1-4H3,(H,20,23). The molecule has 0 bridgehead atoms. The number of hydrogen-bond donors (Lipinski definition) is 1. The maximum Gasteiger partial charge on any atom is 0.340 e. The van der Waals surface area contributed by atoms with Gasteiger partial charge in [-0.15, -0.1) is 0 Å². The number of esters is 1. The van der Waals surface area contributed by atoms with E-state index >= 15 is 0 Å². The average Bonchev–Trinajstić information content (AvgIpc) is 2.88. The van der Waals surface area contributed by atoms with Crippen molar-refractivity contribution in [1.29, 1.82) is 0 Å². The van der Waals surface area contributed by atoms with Gasteiger partial charge in [0.25, 0.3) is 11.6 Å². The Hall–Kier alpha value is -2.87. The molecule has 8 nitrogen and oxygen atoms in total. The topological polar surface area (TPSA) is 103 Å². The van der Waals surface area contributed by atoms with Gasteiger partial charge in [-0.25, -0.2) is 4.79 Å². The molecule has 0 radical (unpaired) electrons. The number of benzene rings is 1. The van der Waals surface area contributed by atoms with E-state index in [2.05, 4.69) is 5.32 Å². The summed E-state index contributed by atoms with van der Waals surface area (Å²) in [6.45, 7) is 7.13. The van der Waals surface area contributed by atoms with Gasteiger partial charge in [0.1, 0.15) is 5.69 Å². The second kappa shape index (κ2) is 8.22. The molecule has 1 aromatic carbocycles. The molecule has 2 rings (SSSR count). The van der Waals surface area contributed by atoms with E-state index in [4.69, 9.17) is 16.3 Å². The highest BCUT2D eigenvalue weighted by atomic mass is 35.5. The molecule has 27 heavy (non-hydrogen) atoms. The van der Waals surface area contributed by atoms with E-state index in [9.17, 15) is 19.7 Å². The molecule has 0 atom stereocenters. The normalized spacial score (nSPS) is 10.7. The summed E-state index contributed by atoms with van der Waals surface area (Å²) >= 11 is 5.73. The van der Waals surface area contributed by atoms with Crippen molar-refractivity contribution in [2.45, 2.75) is 33.7 Å². The molecule has 0 unspecified atom stereocenters. The van der Waals surface area contributed by atoms with Crippen LogP contribution in [0.15, 0.2) is 24.3 Å². The van der Waals surface area contributed by atoms with Crippen molar-refractivity contribution in [3.05, 3.63) is 56.4 Å². The zero-order valence-corrected chi connectivity index (χ0v) is 16.2. The summed E-state index contributed by atoms with van der Waals surface area (Å²) in [6.07, 6.45) is 0. The molecule has 0 spiro atoms. The minimum atomic E-state index is -0.688. The summed E-state index contributed by atoms with van der Waals surface area (Å²) < 4.78 is 7.05. The summed E-state index contributed by atoms with van der Waals surface area (Å²) in [6, 6.07) is 5.75. The minimum absolute atomic E-state index is 0.0246. The molecule has 9 heteroatoms. The minimum Gasteiger partial charge on any atom is -0.452 e. The second-order valence-electron chi connectivity index (χ2n) is 6.29. The number of hydrogen-bond acceptors (Lipinski definition) is 5. The molecule has 1 heterocycles. The van der Waals surface area contributed by atoms with Crippen LogP contribution in [0.4, 0.5) is 11.4 Å². The van der Waals surface area contributed by atoms with E-state index < -0.39 is 23.4 Å². The SMILES string of the molecule is Cc1cc(C(=O)OCC(=O)Nc2ccc(Cl)cc2[N+](=O)[O-])c(C)n1C(C)C. The molecule has 0 aliphatic rings. The zero-order valence-electron chi connectivity index (χ0n) is 15.4. The third-order valence-corrected chi connectivity index (χ3v) is 4.22. The number of carbonyl (C=O) groups is 2. The van der Waals surface area contributed by atoms with Crippen LogP contribution < -0.4 is 5.32 Å². The second-order valence-corrected chi connectivity index (χ2v) is 6.73. The van der Waals surface area contributed by atoms with Crippen LogP contribution in [0.5, 0.6) is 0 Å². The Labute approximate surface area is 161 Å². The van der Waals surface area contributed by atoms with Crippen molar-refractivity contribution in [2.75, 3.05) is 11.9 Å². The zero-order chi connectivity index (χ0) is 20.3. The third-order valence-electron chi connectivity index (χ3n) is 3.99. The third kappa shape index (κ3) is 4.65. The van der Waals surface area contributed by atoms with Gasteiger partial charge >= 0.3 is 5.97 Å². The van der Waals surface area contributed by atoms with Crippen molar-refractivity contribution in [3.63, 3.8) is 0 Å². The highest BCUT2D eigenvalue weighted by Crippen LogP contribution is 2.27. The first-order valence-electron chi connectivity index (χ1n) is 8.21. The molecule has 0 aliphatic carbocycles. The number of nitrogens with zero attached hydrogens (tertiary/aromatic N) is 2. The fourth-order valence-corrected chi connectivity index (χ4v) is 3.10. The van der Waals surface area contributed by atoms with Crippen molar-refractivity contribution < 1.29 is 19.2 Å². The number of aryl methyl sites for hydroxylation is 1. The number of rotatable bonds is 6. The van der Waals surface area contributed by atoms with Gasteiger partial charge in [-0.2, -0.15) is 0 Å². The highest BCUT2D eigenvalue weighted by molar-refractivity contribution is 6.31. The first kappa shape index (κ1) is 20.4. The number of halogens is 1. The van der Waals surface area contributed by atoms with Gasteiger partial charge in [-0.05, 0) is 45.9 Å². The van der Waals surface area contributed by atoms with Crippen molar-refractivity contribution in [1.82, 2.24) is 4.57 Å². The van der Waals surface area contributed by atoms with Crippen LogP contribution in [0.2, 0.25) is 5.02 Å². The Morgan fingerprint density at radius 1 is 1.30 bits per heavy atom. The Morgan fingerprint density at radius 2 is 1.96 bits per heavy atom. The quantitative estimate of drug-likeness (QED) is 0.453. The summed E-state index contributed by atoms with van der Waals surface area (Å²) in [4.78, 5) is 34.7. The van der Waals surface area contributed by atoms with Gasteiger partial charge in [0, 0.05) is 28.5 Å². The molecule has 0 saturated heterocycles. The number of aromatic nitrogens is 1. The van der Waals surface area contributed by atoms with Crippen LogP contribution in [0.3, 0.4) is 0 Å². The number of nitro benzene ring substituents is 1. The highest BCUT2D eigenvalue weighted by Gasteiger charge is 2.20. The number of nitrogens with one attached hydrogen (secondary N) is 1. The molecular weight excluding hydrogens is 374 g/mol. The number of carbonyl (C=O) groups excluding carboxylic acids is 2. The van der Waals surface area contributed by atoms with Gasteiger partial charge in [-0.1, -0.05) is 11.6 Å². The van der Waals surface area contributed by atoms with E-state index in [1.807, 2.05) is 25.3 Å². The van der Waals surface area contributed by atoms with Crippen molar-refractivity contribution in [3.8, 4) is 0 Å². The van der Waals surface area contributed by atoms with Crippen LogP contribution >= 0.6 is 11.6 Å². The number of nitro groups is 1. The predicted molar refractivity (Wildman–Crippen MR) is 101 cm³/mol. The molecule has 1 amide bonds. The van der Waals surface area contributed by atoms with Crippen molar-refractivity contribution >= 4 is 34.9 Å². The molecule has 0 aliphatic heterocycles. The Balaban J connectivity index is 2.06. The maximum atomic E-state index is 12.3. The molecule has 1 aromatic heterocycles. The van der Waals surface area contributed by atoms with Gasteiger partial charge < -0.3 is 14.6 Å². The first-order valence-corrected chi connectivity index (χ1v) is 8.59. The lowest BCUT2D eigenvalue weighted by molar-refractivity contribution is -0.383. The van der Waals surface area contributed by atoms with Crippen LogP contribution in [-0.4, -0.2) is 28.0 Å². The fourth-order valence-electron chi connectivity index (χ4n) is 2.94. The van der Waals surface area contributed by atoms with Gasteiger partial charge in [0.05, 0.1) is 10.5 Å². The Bertz CT molecular complexity index is 905. The van der Waals surface area contributed by atoms with Gasteiger partial charge in [0.15, 0.2) is 6.61 Å². The van der Waals surface area contributed by atoms with E-state index in [1.165, 1.54) is 12.1 Å². The van der Waals surface area contributed by atoms with E-state index in [1.54, 1.807) is 13.0 Å². The summed E-state index contributed by atoms with van der Waals surface area (Å²) in [5.74, 6) is -1.32. The molecule has 144 valence electrons. The lowest BCUT2D eigenvalue weighted by Gasteiger charge is -2.13. The van der Waals surface area contributed by atoms with Gasteiger partial charge in [0.2, 0.25) is 0 Å². The van der Waals surface area contributed by atoms with Crippen LogP contribution in [0.1, 0.15) is 41.6 Å². The summed E-state index contributed by atoms with van der Waals surface area (Å²) in [5, 5.41) is 13.6. The van der Waals surface area contributed by atoms with E-state index in [0.29, 0.717) is 5.56 Å². The Morgan fingerprint density at radius 3 is 2.52 bits per heavy atom. The summed E-state index contributed by atoms with van der Waals surface area (Å²) in [5.41, 5.74) is 1.68. The number of amides is 1.